The Hall–Kier alpha value is -4.91. The molecule has 0 amide bonds. The summed E-state index contributed by atoms with van der Waals surface area (Å²) in [7, 11) is 0. The van der Waals surface area contributed by atoms with Crippen molar-refractivity contribution in [1.82, 2.24) is 0 Å². The monoisotopic (exact) mass is 482 g/mol. The minimum Gasteiger partial charge on any atom is -0.508 e. The van der Waals surface area contributed by atoms with Crippen LogP contribution < -0.4 is 14.9 Å². The maximum absolute atomic E-state index is 13.8. The molecule has 36 heavy (non-hydrogen) atoms. The zero-order chi connectivity index (χ0) is 25.1. The van der Waals surface area contributed by atoms with E-state index in [0.29, 0.717) is 5.56 Å². The number of benzene rings is 4. The fourth-order valence-electron chi connectivity index (χ4n) is 3.82. The second-order valence-corrected chi connectivity index (χ2v) is 8.16. The summed E-state index contributed by atoms with van der Waals surface area (Å²) < 4.78 is 17.9. The molecule has 0 fully saturated rings. The fourth-order valence-corrected chi connectivity index (χ4v) is 3.82. The van der Waals surface area contributed by atoms with Gasteiger partial charge in [0, 0.05) is 17.7 Å². The molecule has 0 unspecified atom stereocenters. The third kappa shape index (κ3) is 4.67. The molecule has 4 aromatic carbocycles. The number of hydrogen-bond donors (Lipinski definition) is 3. The first-order chi connectivity index (χ1) is 17.5. The van der Waals surface area contributed by atoms with Gasteiger partial charge in [-0.2, -0.15) is 0 Å². The maximum Gasteiger partial charge on any atom is 0.239 e. The Kier molecular flexibility index (Phi) is 6.19. The van der Waals surface area contributed by atoms with Crippen LogP contribution in [0, 0.1) is 0 Å². The van der Waals surface area contributed by atoms with Crippen LogP contribution in [0.2, 0.25) is 0 Å². The van der Waals surface area contributed by atoms with E-state index in [1.54, 1.807) is 0 Å². The molecule has 0 aliphatic heterocycles. The van der Waals surface area contributed by atoms with E-state index >= 15 is 0 Å². The summed E-state index contributed by atoms with van der Waals surface area (Å²) in [4.78, 5) is 13.8. The van der Waals surface area contributed by atoms with Crippen molar-refractivity contribution in [2.45, 2.75) is 13.2 Å². The van der Waals surface area contributed by atoms with Gasteiger partial charge in [-0.15, -0.1) is 0 Å². The number of hydrogen-bond acceptors (Lipinski definition) is 7. The van der Waals surface area contributed by atoms with Gasteiger partial charge in [0.1, 0.15) is 35.7 Å². The van der Waals surface area contributed by atoms with E-state index in [4.69, 9.17) is 13.9 Å². The van der Waals surface area contributed by atoms with E-state index in [1.807, 2.05) is 60.7 Å². The predicted molar refractivity (Wildman–Crippen MR) is 134 cm³/mol. The lowest BCUT2D eigenvalue weighted by Gasteiger charge is -2.15. The summed E-state index contributed by atoms with van der Waals surface area (Å²) in [5.41, 5.74) is 1.61. The SMILES string of the molecule is O=c1c(OCc2ccccc2)c(-c2ccc(O)c(O)c2)oc2cc(O)cc(OCc3ccccc3)c12. The van der Waals surface area contributed by atoms with Crippen molar-refractivity contribution in [3.05, 3.63) is 112 Å². The molecule has 0 saturated heterocycles. The third-order valence-corrected chi connectivity index (χ3v) is 5.60. The van der Waals surface area contributed by atoms with Crippen molar-refractivity contribution in [3.8, 4) is 40.1 Å². The summed E-state index contributed by atoms with van der Waals surface area (Å²) in [6.07, 6.45) is 0. The number of fused-ring (bicyclic) bond motifs is 1. The standard InChI is InChI=1S/C29H22O7/c30-21-14-24(34-16-18-7-3-1-4-8-18)26-25(15-21)36-28(20-11-12-22(31)23(32)13-20)29(27(26)33)35-17-19-9-5-2-6-10-19/h1-15,30-32H,16-17H2. The maximum atomic E-state index is 13.8. The third-order valence-electron chi connectivity index (χ3n) is 5.60. The zero-order valence-electron chi connectivity index (χ0n) is 19.0. The average molecular weight is 482 g/mol. The fraction of sp³-hybridized carbons (Fsp3) is 0.0690. The Balaban J connectivity index is 1.65. The molecule has 7 nitrogen and oxygen atoms in total. The van der Waals surface area contributed by atoms with E-state index in [2.05, 4.69) is 0 Å². The van der Waals surface area contributed by atoms with Crippen molar-refractivity contribution < 1.29 is 29.2 Å². The molecule has 0 radical (unpaired) electrons. The molecule has 5 aromatic rings. The molecule has 0 aliphatic carbocycles. The van der Waals surface area contributed by atoms with Crippen molar-refractivity contribution in [2.75, 3.05) is 0 Å². The normalized spacial score (nSPS) is 10.9. The molecule has 5 rings (SSSR count). The summed E-state index contributed by atoms with van der Waals surface area (Å²) in [6.45, 7) is 0.263. The highest BCUT2D eigenvalue weighted by Crippen LogP contribution is 2.39. The van der Waals surface area contributed by atoms with Crippen molar-refractivity contribution in [3.63, 3.8) is 0 Å². The summed E-state index contributed by atoms with van der Waals surface area (Å²) >= 11 is 0. The topological polar surface area (TPSA) is 109 Å². The average Bonchev–Trinajstić information content (AvgIpc) is 2.89. The Bertz CT molecular complexity index is 1580. The van der Waals surface area contributed by atoms with Gasteiger partial charge in [0.25, 0.3) is 0 Å². The number of phenolic OH excluding ortho intramolecular Hbond substituents is 3. The van der Waals surface area contributed by atoms with Crippen LogP contribution in [0.1, 0.15) is 11.1 Å². The summed E-state index contributed by atoms with van der Waals surface area (Å²) in [6, 6.07) is 25.5. The Labute approximate surface area is 206 Å². The van der Waals surface area contributed by atoms with Gasteiger partial charge in [-0.3, -0.25) is 4.79 Å². The quantitative estimate of drug-likeness (QED) is 0.254. The smallest absolute Gasteiger partial charge is 0.239 e. The van der Waals surface area contributed by atoms with Gasteiger partial charge < -0.3 is 29.2 Å². The van der Waals surface area contributed by atoms with Crippen LogP contribution in [0.4, 0.5) is 0 Å². The molecular formula is C29H22O7. The van der Waals surface area contributed by atoms with E-state index in [1.165, 1.54) is 30.3 Å². The Morgan fingerprint density at radius 2 is 1.33 bits per heavy atom. The van der Waals surface area contributed by atoms with Gasteiger partial charge in [-0.25, -0.2) is 0 Å². The van der Waals surface area contributed by atoms with E-state index < -0.39 is 5.43 Å². The Morgan fingerprint density at radius 3 is 1.97 bits per heavy atom. The number of rotatable bonds is 7. The Morgan fingerprint density at radius 1 is 0.694 bits per heavy atom. The largest absolute Gasteiger partial charge is 0.508 e. The number of aromatic hydroxyl groups is 3. The van der Waals surface area contributed by atoms with Gasteiger partial charge >= 0.3 is 0 Å². The highest BCUT2D eigenvalue weighted by Gasteiger charge is 2.22. The van der Waals surface area contributed by atoms with E-state index in [0.717, 1.165) is 11.1 Å². The minimum absolute atomic E-state index is 0.0401. The summed E-state index contributed by atoms with van der Waals surface area (Å²) in [5, 5.41) is 30.2. The number of ether oxygens (including phenoxy) is 2. The van der Waals surface area contributed by atoms with Gasteiger partial charge in [-0.05, 0) is 29.3 Å². The molecule has 0 aliphatic rings. The molecule has 3 N–H and O–H groups in total. The van der Waals surface area contributed by atoms with E-state index in [-0.39, 0.29) is 58.7 Å². The molecule has 180 valence electrons. The molecule has 1 heterocycles. The lowest BCUT2D eigenvalue weighted by atomic mass is 10.1. The first-order valence-corrected chi connectivity index (χ1v) is 11.2. The van der Waals surface area contributed by atoms with Crippen molar-refractivity contribution >= 4 is 11.0 Å². The lowest BCUT2D eigenvalue weighted by Crippen LogP contribution is -2.11. The second-order valence-electron chi connectivity index (χ2n) is 8.16. The molecular weight excluding hydrogens is 460 g/mol. The minimum atomic E-state index is -0.502. The van der Waals surface area contributed by atoms with Gasteiger partial charge in [0.2, 0.25) is 11.2 Å². The highest BCUT2D eigenvalue weighted by atomic mass is 16.5. The van der Waals surface area contributed by atoms with Gasteiger partial charge in [0.05, 0.1) is 0 Å². The first kappa shape index (κ1) is 22.9. The molecule has 1 aromatic heterocycles. The number of phenols is 3. The predicted octanol–water partition coefficient (Wildman–Crippen LogP) is 5.73. The molecule has 0 atom stereocenters. The van der Waals surface area contributed by atoms with Crippen LogP contribution in [-0.4, -0.2) is 15.3 Å². The van der Waals surface area contributed by atoms with Crippen LogP contribution >= 0.6 is 0 Å². The highest BCUT2D eigenvalue weighted by molar-refractivity contribution is 5.88. The van der Waals surface area contributed by atoms with Crippen LogP contribution in [0.15, 0.2) is 100 Å². The zero-order valence-corrected chi connectivity index (χ0v) is 19.0. The molecule has 7 heteroatoms. The lowest BCUT2D eigenvalue weighted by molar-refractivity contribution is 0.295. The van der Waals surface area contributed by atoms with Gasteiger partial charge in [-0.1, -0.05) is 60.7 Å². The molecule has 0 bridgehead atoms. The van der Waals surface area contributed by atoms with Crippen LogP contribution in [0.5, 0.6) is 28.7 Å². The van der Waals surface area contributed by atoms with Crippen LogP contribution in [-0.2, 0) is 13.2 Å². The van der Waals surface area contributed by atoms with Crippen LogP contribution in [0.25, 0.3) is 22.3 Å². The van der Waals surface area contributed by atoms with Crippen molar-refractivity contribution in [1.29, 1.82) is 0 Å². The van der Waals surface area contributed by atoms with Gasteiger partial charge in [0.15, 0.2) is 17.3 Å². The van der Waals surface area contributed by atoms with E-state index in [9.17, 15) is 20.1 Å². The van der Waals surface area contributed by atoms with Crippen molar-refractivity contribution in [2.24, 2.45) is 0 Å². The molecule has 0 saturated carbocycles. The van der Waals surface area contributed by atoms with Crippen LogP contribution in [0.3, 0.4) is 0 Å². The molecule has 0 spiro atoms. The summed E-state index contributed by atoms with van der Waals surface area (Å²) in [5.74, 6) is -0.751. The first-order valence-electron chi connectivity index (χ1n) is 11.2. The second kappa shape index (κ2) is 9.76.